The van der Waals surface area contributed by atoms with Gasteiger partial charge in [0.25, 0.3) is 0 Å². The van der Waals surface area contributed by atoms with Crippen LogP contribution in [0, 0.1) is 6.92 Å². The van der Waals surface area contributed by atoms with E-state index in [4.69, 9.17) is 4.74 Å². The molecule has 3 heterocycles. The molecule has 1 fully saturated rings. The summed E-state index contributed by atoms with van der Waals surface area (Å²) in [7, 11) is 1.65. The van der Waals surface area contributed by atoms with Crippen molar-refractivity contribution in [3.63, 3.8) is 0 Å². The Balaban J connectivity index is 1.63. The average molecular weight is 418 g/mol. The summed E-state index contributed by atoms with van der Waals surface area (Å²) < 4.78 is 5.14. The Labute approximate surface area is 181 Å². The molecule has 0 bridgehead atoms. The Bertz CT molecular complexity index is 1150. The molecule has 2 aromatic carbocycles. The van der Waals surface area contributed by atoms with Gasteiger partial charge in [-0.05, 0) is 36.1 Å². The minimum atomic E-state index is -0.486. The molecular formula is C25H27N3O3. The van der Waals surface area contributed by atoms with E-state index in [2.05, 4.69) is 36.2 Å². The van der Waals surface area contributed by atoms with E-state index in [0.717, 1.165) is 39.7 Å². The summed E-state index contributed by atoms with van der Waals surface area (Å²) in [6.45, 7) is 3.30. The van der Waals surface area contributed by atoms with Gasteiger partial charge in [-0.3, -0.25) is 9.59 Å². The fraction of sp³-hybridized carbons (Fsp3) is 0.360. The fourth-order valence-corrected chi connectivity index (χ4v) is 5.13. The zero-order chi connectivity index (χ0) is 21.5. The number of hydrogen-bond acceptors (Lipinski definition) is 3. The summed E-state index contributed by atoms with van der Waals surface area (Å²) in [6, 6.07) is 15.6. The second kappa shape index (κ2) is 7.85. The van der Waals surface area contributed by atoms with Crippen LogP contribution in [0.3, 0.4) is 0 Å². The molecule has 5 rings (SSSR count). The number of H-pyrrole nitrogens is 1. The number of methoxy groups -OCH3 is 1. The minimum absolute atomic E-state index is 0.000393. The van der Waals surface area contributed by atoms with Crippen LogP contribution >= 0.6 is 0 Å². The number of aromatic nitrogens is 1. The number of carbonyl (C=O) groups is 2. The Morgan fingerprint density at radius 1 is 1.10 bits per heavy atom. The molecule has 31 heavy (non-hydrogen) atoms. The van der Waals surface area contributed by atoms with E-state index in [1.807, 2.05) is 29.2 Å². The van der Waals surface area contributed by atoms with Gasteiger partial charge < -0.3 is 19.5 Å². The molecule has 1 saturated heterocycles. The molecule has 1 aromatic heterocycles. The lowest BCUT2D eigenvalue weighted by molar-refractivity contribution is -0.158. The first-order chi connectivity index (χ1) is 15.1. The highest BCUT2D eigenvalue weighted by Crippen LogP contribution is 2.43. The molecule has 2 atom stereocenters. The van der Waals surface area contributed by atoms with Gasteiger partial charge in [-0.25, -0.2) is 0 Å². The van der Waals surface area contributed by atoms with Gasteiger partial charge in [0.1, 0.15) is 6.04 Å². The van der Waals surface area contributed by atoms with Crippen molar-refractivity contribution in [2.45, 2.75) is 31.8 Å². The second-order valence-electron chi connectivity index (χ2n) is 8.45. The molecule has 2 aliphatic rings. The quantitative estimate of drug-likeness (QED) is 0.649. The predicted octanol–water partition coefficient (Wildman–Crippen LogP) is 3.20. The van der Waals surface area contributed by atoms with Crippen molar-refractivity contribution in [1.29, 1.82) is 0 Å². The molecule has 3 aromatic rings. The topological polar surface area (TPSA) is 65.6 Å². The van der Waals surface area contributed by atoms with Crippen LogP contribution in [0.2, 0.25) is 0 Å². The van der Waals surface area contributed by atoms with Crippen LogP contribution in [0.15, 0.2) is 48.5 Å². The maximum absolute atomic E-state index is 13.5. The Morgan fingerprint density at radius 3 is 2.68 bits per heavy atom. The SMILES string of the molecule is COCCCN1CC(=O)N2[C@@H](c3ccccc3C)c3[nH]c4ccccc4c3C[C@H]2C1=O. The van der Waals surface area contributed by atoms with Crippen LogP contribution in [0.25, 0.3) is 10.9 Å². The van der Waals surface area contributed by atoms with E-state index < -0.39 is 6.04 Å². The van der Waals surface area contributed by atoms with Crippen LogP contribution in [-0.2, 0) is 20.7 Å². The lowest BCUT2D eigenvalue weighted by Crippen LogP contribution is -2.63. The number of rotatable bonds is 5. The maximum Gasteiger partial charge on any atom is 0.246 e. The van der Waals surface area contributed by atoms with Crippen LogP contribution in [0.5, 0.6) is 0 Å². The van der Waals surface area contributed by atoms with Crippen molar-refractivity contribution in [2.75, 3.05) is 26.8 Å². The Kier molecular flexibility index (Phi) is 5.02. The molecule has 0 unspecified atom stereocenters. The number of aromatic amines is 1. The highest BCUT2D eigenvalue weighted by molar-refractivity contribution is 5.97. The van der Waals surface area contributed by atoms with Gasteiger partial charge >= 0.3 is 0 Å². The highest BCUT2D eigenvalue weighted by Gasteiger charge is 2.48. The summed E-state index contributed by atoms with van der Waals surface area (Å²) in [5.41, 5.74) is 5.39. The van der Waals surface area contributed by atoms with Crippen molar-refractivity contribution in [3.05, 3.63) is 70.9 Å². The first-order valence-electron chi connectivity index (χ1n) is 10.8. The van der Waals surface area contributed by atoms with Gasteiger partial charge in [-0.1, -0.05) is 42.5 Å². The van der Waals surface area contributed by atoms with Crippen LogP contribution in [-0.4, -0.2) is 59.4 Å². The molecular weight excluding hydrogens is 390 g/mol. The number of hydrogen-bond donors (Lipinski definition) is 1. The summed E-state index contributed by atoms with van der Waals surface area (Å²) >= 11 is 0. The highest BCUT2D eigenvalue weighted by atomic mass is 16.5. The number of piperazine rings is 1. The van der Waals surface area contributed by atoms with E-state index >= 15 is 0 Å². The van der Waals surface area contributed by atoms with Crippen LogP contribution < -0.4 is 0 Å². The summed E-state index contributed by atoms with van der Waals surface area (Å²) in [4.78, 5) is 34.0. The second-order valence-corrected chi connectivity index (χ2v) is 8.45. The number of para-hydroxylation sites is 1. The first-order valence-corrected chi connectivity index (χ1v) is 10.8. The maximum atomic E-state index is 13.5. The van der Waals surface area contributed by atoms with E-state index in [1.54, 1.807) is 12.0 Å². The molecule has 0 radical (unpaired) electrons. The zero-order valence-electron chi connectivity index (χ0n) is 17.9. The van der Waals surface area contributed by atoms with Crippen molar-refractivity contribution in [1.82, 2.24) is 14.8 Å². The number of amides is 2. The summed E-state index contributed by atoms with van der Waals surface area (Å²) in [6.07, 6.45) is 1.26. The Morgan fingerprint density at radius 2 is 1.87 bits per heavy atom. The number of nitrogens with zero attached hydrogens (tertiary/aromatic N) is 2. The van der Waals surface area contributed by atoms with Crippen molar-refractivity contribution in [2.24, 2.45) is 0 Å². The fourth-order valence-electron chi connectivity index (χ4n) is 5.13. The van der Waals surface area contributed by atoms with Crippen LogP contribution in [0.1, 0.15) is 34.8 Å². The summed E-state index contributed by atoms with van der Waals surface area (Å²) in [5, 5.41) is 1.13. The smallest absolute Gasteiger partial charge is 0.246 e. The third-order valence-electron chi connectivity index (χ3n) is 6.60. The lowest BCUT2D eigenvalue weighted by Gasteiger charge is -2.47. The lowest BCUT2D eigenvalue weighted by atomic mass is 9.85. The number of fused-ring (bicyclic) bond motifs is 4. The number of aryl methyl sites for hydroxylation is 1. The summed E-state index contributed by atoms with van der Waals surface area (Å²) in [5.74, 6) is 0.0322. The van der Waals surface area contributed by atoms with E-state index in [-0.39, 0.29) is 24.4 Å². The normalized spacial score (nSPS) is 20.8. The number of ether oxygens (including phenoxy) is 1. The first kappa shape index (κ1) is 19.8. The molecule has 160 valence electrons. The zero-order valence-corrected chi connectivity index (χ0v) is 17.9. The minimum Gasteiger partial charge on any atom is -0.385 e. The van der Waals surface area contributed by atoms with Crippen molar-refractivity contribution in [3.8, 4) is 0 Å². The van der Waals surface area contributed by atoms with Crippen molar-refractivity contribution < 1.29 is 14.3 Å². The largest absolute Gasteiger partial charge is 0.385 e. The molecule has 6 nitrogen and oxygen atoms in total. The third-order valence-corrected chi connectivity index (χ3v) is 6.60. The number of nitrogens with one attached hydrogen (secondary N) is 1. The van der Waals surface area contributed by atoms with Crippen LogP contribution in [0.4, 0.5) is 0 Å². The van der Waals surface area contributed by atoms with Gasteiger partial charge in [-0.15, -0.1) is 0 Å². The monoisotopic (exact) mass is 417 g/mol. The van der Waals surface area contributed by atoms with Gasteiger partial charge in [0, 0.05) is 43.3 Å². The predicted molar refractivity (Wildman–Crippen MR) is 119 cm³/mol. The molecule has 0 spiro atoms. The molecule has 2 amide bonds. The standard InChI is InChI=1S/C25H27N3O3/c1-16-8-3-4-9-17(16)24-23-19(18-10-5-6-11-20(18)26-23)14-21-25(30)27(12-7-13-31-2)15-22(29)28(21)24/h3-6,8-11,21,24,26H,7,12-15H2,1-2H3/t21-,24-/m0/s1. The van der Waals surface area contributed by atoms with Gasteiger partial charge in [-0.2, -0.15) is 0 Å². The molecule has 0 aliphatic carbocycles. The van der Waals surface area contributed by atoms with Gasteiger partial charge in [0.2, 0.25) is 11.8 Å². The van der Waals surface area contributed by atoms with Gasteiger partial charge in [0.15, 0.2) is 0 Å². The van der Waals surface area contributed by atoms with Gasteiger partial charge in [0.05, 0.1) is 12.6 Å². The number of benzene rings is 2. The van der Waals surface area contributed by atoms with E-state index in [0.29, 0.717) is 19.6 Å². The molecule has 2 aliphatic heterocycles. The third kappa shape index (κ3) is 3.22. The van der Waals surface area contributed by atoms with E-state index in [9.17, 15) is 9.59 Å². The molecule has 6 heteroatoms. The molecule has 0 saturated carbocycles. The molecule has 1 N–H and O–H groups in total. The Hall–Kier alpha value is -3.12. The van der Waals surface area contributed by atoms with E-state index in [1.165, 1.54) is 0 Å². The van der Waals surface area contributed by atoms with Crippen molar-refractivity contribution >= 4 is 22.7 Å². The number of carbonyl (C=O) groups excluding carboxylic acids is 2. The average Bonchev–Trinajstić information content (AvgIpc) is 3.15.